The van der Waals surface area contributed by atoms with Gasteiger partial charge in [-0.25, -0.2) is 13.2 Å². The molecule has 0 aliphatic rings. The summed E-state index contributed by atoms with van der Waals surface area (Å²) in [5.74, 6) is -1.82. The lowest BCUT2D eigenvalue weighted by Crippen LogP contribution is -2.49. The average molecular weight is 420 g/mol. The molecule has 3 amide bonds. The fourth-order valence-electron chi connectivity index (χ4n) is 1.76. The number of hydrogen-bond acceptors (Lipinski definition) is 6. The lowest BCUT2D eigenvalue weighted by molar-refractivity contribution is -0.149. The maximum absolute atomic E-state index is 12.2. The van der Waals surface area contributed by atoms with Crippen LogP contribution in [0.15, 0.2) is 29.2 Å². The number of carbonyl (C=O) groups is 3. The number of esters is 1. The Kier molecular flexibility index (Phi) is 7.76. The Bertz CT molecular complexity index is 802. The Hall–Kier alpha value is -2.17. The molecule has 9 nitrogen and oxygen atoms in total. The van der Waals surface area contributed by atoms with E-state index in [2.05, 4.69) is 10.0 Å². The lowest BCUT2D eigenvalue weighted by atomic mass is 10.1. The number of nitrogens with one attached hydrogen (secondary N) is 3. The highest BCUT2D eigenvalue weighted by Gasteiger charge is 2.24. The molecule has 11 heteroatoms. The Balaban J connectivity index is 2.53. The van der Waals surface area contributed by atoms with Crippen molar-refractivity contribution >= 4 is 39.5 Å². The summed E-state index contributed by atoms with van der Waals surface area (Å²) in [6, 6.07) is 3.37. The summed E-state index contributed by atoms with van der Waals surface area (Å²) >= 11 is 5.70. The molecule has 0 saturated carbocycles. The Morgan fingerprint density at radius 2 is 1.70 bits per heavy atom. The van der Waals surface area contributed by atoms with E-state index in [4.69, 9.17) is 16.3 Å². The smallest absolute Gasteiger partial charge is 0.324 e. The SMILES string of the molecule is CC(NS(=O)(=O)c1ccc(Cl)cc1)C(=O)OCC(=O)NC(=O)NC(C)(C)C. The maximum atomic E-state index is 12.2. The predicted molar refractivity (Wildman–Crippen MR) is 98.6 cm³/mol. The minimum Gasteiger partial charge on any atom is -0.454 e. The first kappa shape index (κ1) is 22.9. The quantitative estimate of drug-likeness (QED) is 0.593. The first-order valence-electron chi connectivity index (χ1n) is 7.87. The molecule has 27 heavy (non-hydrogen) atoms. The largest absolute Gasteiger partial charge is 0.454 e. The number of halogens is 1. The molecule has 0 bridgehead atoms. The Labute approximate surface area is 162 Å². The number of sulfonamides is 1. The molecular formula is C16H22ClN3O6S. The Morgan fingerprint density at radius 1 is 1.15 bits per heavy atom. The van der Waals surface area contributed by atoms with Gasteiger partial charge in [-0.15, -0.1) is 0 Å². The molecule has 1 rings (SSSR count). The number of hydrogen-bond donors (Lipinski definition) is 3. The molecule has 1 aromatic rings. The fraction of sp³-hybridized carbons (Fsp3) is 0.438. The molecule has 0 radical (unpaired) electrons. The zero-order chi connectivity index (χ0) is 20.8. The van der Waals surface area contributed by atoms with Crippen LogP contribution in [-0.4, -0.2) is 44.5 Å². The number of amides is 3. The molecule has 0 aliphatic heterocycles. The first-order chi connectivity index (χ1) is 12.3. The van der Waals surface area contributed by atoms with Gasteiger partial charge < -0.3 is 10.1 Å². The monoisotopic (exact) mass is 419 g/mol. The third-order valence-corrected chi connectivity index (χ3v) is 4.71. The van der Waals surface area contributed by atoms with Gasteiger partial charge in [-0.3, -0.25) is 14.9 Å². The van der Waals surface area contributed by atoms with E-state index in [0.29, 0.717) is 5.02 Å². The van der Waals surface area contributed by atoms with Crippen molar-refractivity contribution in [2.75, 3.05) is 6.61 Å². The average Bonchev–Trinajstić information content (AvgIpc) is 2.50. The normalized spacial score (nSPS) is 12.8. The summed E-state index contributed by atoms with van der Waals surface area (Å²) in [5.41, 5.74) is -0.546. The molecule has 0 aliphatic carbocycles. The van der Waals surface area contributed by atoms with Crippen LogP contribution in [0.1, 0.15) is 27.7 Å². The molecule has 1 aromatic carbocycles. The van der Waals surface area contributed by atoms with Gasteiger partial charge in [0.05, 0.1) is 4.90 Å². The van der Waals surface area contributed by atoms with Gasteiger partial charge in [0.1, 0.15) is 6.04 Å². The van der Waals surface area contributed by atoms with E-state index in [-0.39, 0.29) is 4.90 Å². The number of benzene rings is 1. The van der Waals surface area contributed by atoms with Crippen molar-refractivity contribution < 1.29 is 27.5 Å². The highest BCUT2D eigenvalue weighted by molar-refractivity contribution is 7.89. The number of urea groups is 1. The van der Waals surface area contributed by atoms with Crippen molar-refractivity contribution in [3.63, 3.8) is 0 Å². The standard InChI is InChI=1S/C16H22ClN3O6S/c1-10(20-27(24,25)12-7-5-11(17)6-8-12)14(22)26-9-13(21)18-15(23)19-16(2,3)4/h5-8,10,20H,9H2,1-4H3,(H2,18,19,21,23). The van der Waals surface area contributed by atoms with Crippen LogP contribution in [0.25, 0.3) is 0 Å². The van der Waals surface area contributed by atoms with Gasteiger partial charge in [0.15, 0.2) is 6.61 Å². The number of carbonyl (C=O) groups excluding carboxylic acids is 3. The second-order valence-electron chi connectivity index (χ2n) is 6.66. The molecule has 1 unspecified atom stereocenters. The van der Waals surface area contributed by atoms with Crippen molar-refractivity contribution in [3.8, 4) is 0 Å². The van der Waals surface area contributed by atoms with Crippen molar-refractivity contribution in [2.45, 2.75) is 44.2 Å². The van der Waals surface area contributed by atoms with Crippen LogP contribution < -0.4 is 15.4 Å². The van der Waals surface area contributed by atoms with E-state index in [1.54, 1.807) is 20.8 Å². The Morgan fingerprint density at radius 3 is 2.22 bits per heavy atom. The van der Waals surface area contributed by atoms with Crippen molar-refractivity contribution in [3.05, 3.63) is 29.3 Å². The zero-order valence-electron chi connectivity index (χ0n) is 15.3. The highest BCUT2D eigenvalue weighted by atomic mass is 35.5. The molecule has 0 heterocycles. The summed E-state index contributed by atoms with van der Waals surface area (Å²) in [7, 11) is -3.97. The lowest BCUT2D eigenvalue weighted by Gasteiger charge is -2.20. The molecule has 1 atom stereocenters. The first-order valence-corrected chi connectivity index (χ1v) is 9.73. The van der Waals surface area contributed by atoms with Gasteiger partial charge in [-0.05, 0) is 52.0 Å². The maximum Gasteiger partial charge on any atom is 0.324 e. The van der Waals surface area contributed by atoms with Crippen LogP contribution in [0, 0.1) is 0 Å². The van der Waals surface area contributed by atoms with E-state index in [0.717, 1.165) is 0 Å². The van der Waals surface area contributed by atoms with Crippen LogP contribution in [0.3, 0.4) is 0 Å². The highest BCUT2D eigenvalue weighted by Crippen LogP contribution is 2.14. The molecule has 0 aromatic heterocycles. The van der Waals surface area contributed by atoms with Gasteiger partial charge in [-0.1, -0.05) is 11.6 Å². The summed E-state index contributed by atoms with van der Waals surface area (Å²) in [4.78, 5) is 34.9. The minimum atomic E-state index is -3.97. The topological polar surface area (TPSA) is 131 Å². The van der Waals surface area contributed by atoms with Crippen LogP contribution >= 0.6 is 11.6 Å². The molecule has 3 N–H and O–H groups in total. The summed E-state index contributed by atoms with van der Waals surface area (Å²) in [5, 5.41) is 4.86. The van der Waals surface area contributed by atoms with E-state index >= 15 is 0 Å². The van der Waals surface area contributed by atoms with Gasteiger partial charge >= 0.3 is 12.0 Å². The fourth-order valence-corrected chi connectivity index (χ4v) is 3.08. The van der Waals surface area contributed by atoms with Crippen LogP contribution in [0.4, 0.5) is 4.79 Å². The molecule has 150 valence electrons. The van der Waals surface area contributed by atoms with Gasteiger partial charge in [0, 0.05) is 10.6 Å². The van der Waals surface area contributed by atoms with Crippen LogP contribution in [0.2, 0.25) is 5.02 Å². The summed E-state index contributed by atoms with van der Waals surface area (Å²) in [6.45, 7) is 5.71. The number of rotatable bonds is 6. The number of imide groups is 1. The van der Waals surface area contributed by atoms with Crippen LogP contribution in [-0.2, 0) is 24.3 Å². The van der Waals surface area contributed by atoms with Crippen molar-refractivity contribution in [1.29, 1.82) is 0 Å². The second kappa shape index (κ2) is 9.16. The molecular weight excluding hydrogens is 398 g/mol. The zero-order valence-corrected chi connectivity index (χ0v) is 16.9. The van der Waals surface area contributed by atoms with E-state index < -0.39 is 46.1 Å². The molecule has 0 saturated heterocycles. The van der Waals surface area contributed by atoms with Gasteiger partial charge in [-0.2, -0.15) is 4.72 Å². The van der Waals surface area contributed by atoms with E-state index in [9.17, 15) is 22.8 Å². The summed E-state index contributed by atoms with van der Waals surface area (Å²) < 4.78 is 31.2. The van der Waals surface area contributed by atoms with Crippen molar-refractivity contribution in [2.24, 2.45) is 0 Å². The minimum absolute atomic E-state index is 0.0804. The third-order valence-electron chi connectivity index (χ3n) is 2.90. The van der Waals surface area contributed by atoms with Gasteiger partial charge in [0.25, 0.3) is 5.91 Å². The van der Waals surface area contributed by atoms with Gasteiger partial charge in [0.2, 0.25) is 10.0 Å². The summed E-state index contributed by atoms with van der Waals surface area (Å²) in [6.07, 6.45) is 0. The second-order valence-corrected chi connectivity index (χ2v) is 8.81. The third kappa shape index (κ3) is 8.37. The van der Waals surface area contributed by atoms with Crippen molar-refractivity contribution in [1.82, 2.24) is 15.4 Å². The molecule has 0 spiro atoms. The number of ether oxygens (including phenoxy) is 1. The predicted octanol–water partition coefficient (Wildman–Crippen LogP) is 1.17. The van der Waals surface area contributed by atoms with E-state index in [1.807, 2.05) is 5.32 Å². The van der Waals surface area contributed by atoms with E-state index in [1.165, 1.54) is 31.2 Å². The molecule has 0 fully saturated rings. The van der Waals surface area contributed by atoms with Crippen LogP contribution in [0.5, 0.6) is 0 Å².